The van der Waals surface area contributed by atoms with E-state index < -0.39 is 42.5 Å². The van der Waals surface area contributed by atoms with Crippen molar-refractivity contribution >= 4 is 17.8 Å². The van der Waals surface area contributed by atoms with E-state index in [0.717, 1.165) is 12.1 Å². The lowest BCUT2D eigenvalue weighted by atomic mass is 10.0. The highest BCUT2D eigenvalue weighted by atomic mass is 19.4. The van der Waals surface area contributed by atoms with Crippen molar-refractivity contribution in [3.05, 3.63) is 29.8 Å². The van der Waals surface area contributed by atoms with E-state index in [1.807, 2.05) is 0 Å². The first-order valence-corrected chi connectivity index (χ1v) is 7.64. The molecule has 3 N–H and O–H groups in total. The zero-order chi connectivity index (χ0) is 19.9. The molecule has 0 spiro atoms. The Balaban J connectivity index is 2.61. The van der Waals surface area contributed by atoms with Gasteiger partial charge in [-0.25, -0.2) is 4.79 Å². The third-order valence-corrected chi connectivity index (χ3v) is 3.08. The lowest BCUT2D eigenvalue weighted by Crippen LogP contribution is -2.46. The highest BCUT2D eigenvalue weighted by Crippen LogP contribution is 2.23. The largest absolute Gasteiger partial charge is 0.573 e. The third-order valence-electron chi connectivity index (χ3n) is 3.08. The van der Waals surface area contributed by atoms with Crippen LogP contribution in [0.25, 0.3) is 0 Å². The van der Waals surface area contributed by atoms with Crippen LogP contribution < -0.4 is 15.4 Å². The second-order valence-corrected chi connectivity index (χ2v) is 5.85. The zero-order valence-corrected chi connectivity index (χ0v) is 14.1. The Morgan fingerprint density at radius 2 is 1.88 bits per heavy atom. The molecule has 0 saturated heterocycles. The van der Waals surface area contributed by atoms with Crippen molar-refractivity contribution in [1.82, 2.24) is 10.6 Å². The summed E-state index contributed by atoms with van der Waals surface area (Å²) in [5.41, 5.74) is -0.142. The summed E-state index contributed by atoms with van der Waals surface area (Å²) in [4.78, 5) is 34.8. The molecular formula is C16H19F3N2O5. The van der Waals surface area contributed by atoms with Crippen LogP contribution >= 0.6 is 0 Å². The molecule has 1 atom stereocenters. The standard InChI is InChI=1S/C16H19F3N2O5/c1-9(2)6-12(15(24)25)21-13(22)8-20-14(23)10-4-3-5-11(7-10)26-16(17,18)19/h3-5,7,9,12H,6,8H2,1-2H3,(H,20,23)(H,21,22)(H,24,25)/t12-/m0/s1. The number of alkyl halides is 3. The fourth-order valence-corrected chi connectivity index (χ4v) is 2.04. The monoisotopic (exact) mass is 376 g/mol. The third kappa shape index (κ3) is 7.86. The fourth-order valence-electron chi connectivity index (χ4n) is 2.04. The molecule has 0 saturated carbocycles. The minimum atomic E-state index is -4.89. The Kier molecular flexibility index (Phi) is 7.41. The number of nitrogens with one attached hydrogen (secondary N) is 2. The molecule has 1 aromatic rings. The summed E-state index contributed by atoms with van der Waals surface area (Å²) in [6.45, 7) is 3.06. The molecule has 0 aliphatic carbocycles. The van der Waals surface area contributed by atoms with Gasteiger partial charge in [-0.15, -0.1) is 13.2 Å². The van der Waals surface area contributed by atoms with E-state index in [4.69, 9.17) is 5.11 Å². The highest BCUT2D eigenvalue weighted by Gasteiger charge is 2.31. The number of carboxylic acids is 1. The van der Waals surface area contributed by atoms with Gasteiger partial charge in [-0.05, 0) is 30.5 Å². The molecule has 0 aliphatic rings. The van der Waals surface area contributed by atoms with Gasteiger partial charge in [0, 0.05) is 5.56 Å². The molecule has 10 heteroatoms. The molecule has 7 nitrogen and oxygen atoms in total. The topological polar surface area (TPSA) is 105 Å². The van der Waals surface area contributed by atoms with E-state index in [9.17, 15) is 27.6 Å². The lowest BCUT2D eigenvalue weighted by molar-refractivity contribution is -0.274. The van der Waals surface area contributed by atoms with Gasteiger partial charge in [0.15, 0.2) is 0 Å². The number of rotatable bonds is 8. The van der Waals surface area contributed by atoms with Crippen LogP contribution in [0.15, 0.2) is 24.3 Å². The van der Waals surface area contributed by atoms with Crippen molar-refractivity contribution < 1.29 is 37.4 Å². The number of benzene rings is 1. The SMILES string of the molecule is CC(C)C[C@H](NC(=O)CNC(=O)c1cccc(OC(F)(F)F)c1)C(=O)O. The second kappa shape index (κ2) is 9.07. The van der Waals surface area contributed by atoms with Gasteiger partial charge in [0.25, 0.3) is 5.91 Å². The van der Waals surface area contributed by atoms with Gasteiger partial charge in [-0.1, -0.05) is 19.9 Å². The summed E-state index contributed by atoms with van der Waals surface area (Å²) in [6, 6.07) is 3.25. The molecular weight excluding hydrogens is 357 g/mol. The second-order valence-electron chi connectivity index (χ2n) is 5.85. The van der Waals surface area contributed by atoms with E-state index in [1.165, 1.54) is 12.1 Å². The van der Waals surface area contributed by atoms with Gasteiger partial charge < -0.3 is 20.5 Å². The fraction of sp³-hybridized carbons (Fsp3) is 0.438. The molecule has 26 heavy (non-hydrogen) atoms. The van der Waals surface area contributed by atoms with E-state index in [0.29, 0.717) is 0 Å². The Bertz CT molecular complexity index is 662. The maximum Gasteiger partial charge on any atom is 0.573 e. The Hall–Kier alpha value is -2.78. The number of halogens is 3. The predicted molar refractivity (Wildman–Crippen MR) is 84.5 cm³/mol. The van der Waals surface area contributed by atoms with Crippen LogP contribution in [-0.4, -0.2) is 41.8 Å². The number of amides is 2. The summed E-state index contributed by atoms with van der Waals surface area (Å²) in [6.07, 6.45) is -4.68. The molecule has 0 heterocycles. The number of hydrogen-bond acceptors (Lipinski definition) is 4. The summed E-state index contributed by atoms with van der Waals surface area (Å²) in [5.74, 6) is -3.27. The summed E-state index contributed by atoms with van der Waals surface area (Å²) >= 11 is 0. The van der Waals surface area contributed by atoms with Crippen molar-refractivity contribution in [2.45, 2.75) is 32.7 Å². The first-order valence-electron chi connectivity index (χ1n) is 7.64. The van der Waals surface area contributed by atoms with E-state index in [2.05, 4.69) is 15.4 Å². The first-order chi connectivity index (χ1) is 12.0. The number of hydrogen-bond donors (Lipinski definition) is 3. The number of aliphatic carboxylic acids is 1. The van der Waals surface area contributed by atoms with Crippen molar-refractivity contribution in [3.63, 3.8) is 0 Å². The Labute approximate surface area is 147 Å². The minimum absolute atomic E-state index is 0.0300. The van der Waals surface area contributed by atoms with Crippen molar-refractivity contribution in [2.75, 3.05) is 6.54 Å². The molecule has 0 aliphatic heterocycles. The molecule has 2 amide bonds. The average Bonchev–Trinajstić information content (AvgIpc) is 2.50. The van der Waals surface area contributed by atoms with E-state index in [1.54, 1.807) is 13.8 Å². The highest BCUT2D eigenvalue weighted by molar-refractivity contribution is 5.97. The Morgan fingerprint density at radius 3 is 2.42 bits per heavy atom. The zero-order valence-electron chi connectivity index (χ0n) is 14.1. The van der Waals surface area contributed by atoms with Crippen LogP contribution in [0.2, 0.25) is 0 Å². The molecule has 0 aromatic heterocycles. The van der Waals surface area contributed by atoms with Crippen molar-refractivity contribution in [2.24, 2.45) is 5.92 Å². The van der Waals surface area contributed by atoms with E-state index in [-0.39, 0.29) is 17.9 Å². The van der Waals surface area contributed by atoms with Gasteiger partial charge >= 0.3 is 12.3 Å². The van der Waals surface area contributed by atoms with Crippen LogP contribution in [0, 0.1) is 5.92 Å². The quantitative estimate of drug-likeness (QED) is 0.643. The molecule has 1 aromatic carbocycles. The predicted octanol–water partition coefficient (Wildman–Crippen LogP) is 1.93. The summed E-state index contributed by atoms with van der Waals surface area (Å²) in [7, 11) is 0. The molecule has 0 radical (unpaired) electrons. The maximum absolute atomic E-state index is 12.2. The number of carbonyl (C=O) groups excluding carboxylic acids is 2. The van der Waals surface area contributed by atoms with E-state index >= 15 is 0 Å². The van der Waals surface area contributed by atoms with Crippen LogP contribution in [-0.2, 0) is 9.59 Å². The first kappa shape index (κ1) is 21.3. The number of carboxylic acid groups (broad SMARTS) is 1. The van der Waals surface area contributed by atoms with Crippen LogP contribution in [0.5, 0.6) is 5.75 Å². The number of ether oxygens (including phenoxy) is 1. The summed E-state index contributed by atoms with van der Waals surface area (Å²) in [5, 5.41) is 13.5. The van der Waals surface area contributed by atoms with Crippen LogP contribution in [0.1, 0.15) is 30.6 Å². The molecule has 0 unspecified atom stereocenters. The van der Waals surface area contributed by atoms with Gasteiger partial charge in [-0.3, -0.25) is 9.59 Å². The van der Waals surface area contributed by atoms with Crippen LogP contribution in [0.3, 0.4) is 0 Å². The average molecular weight is 376 g/mol. The molecule has 1 rings (SSSR count). The molecule has 0 bridgehead atoms. The minimum Gasteiger partial charge on any atom is -0.480 e. The maximum atomic E-state index is 12.2. The normalized spacial score (nSPS) is 12.4. The van der Waals surface area contributed by atoms with Crippen LogP contribution in [0.4, 0.5) is 13.2 Å². The molecule has 0 fully saturated rings. The smallest absolute Gasteiger partial charge is 0.480 e. The van der Waals surface area contributed by atoms with Gasteiger partial charge in [-0.2, -0.15) is 0 Å². The van der Waals surface area contributed by atoms with Crippen molar-refractivity contribution in [1.29, 1.82) is 0 Å². The van der Waals surface area contributed by atoms with Gasteiger partial charge in [0.2, 0.25) is 5.91 Å². The lowest BCUT2D eigenvalue weighted by Gasteiger charge is -2.16. The summed E-state index contributed by atoms with van der Waals surface area (Å²) < 4.78 is 40.3. The number of carbonyl (C=O) groups is 3. The van der Waals surface area contributed by atoms with Gasteiger partial charge in [0.05, 0.1) is 6.54 Å². The van der Waals surface area contributed by atoms with Crippen molar-refractivity contribution in [3.8, 4) is 5.75 Å². The molecule has 144 valence electrons. The van der Waals surface area contributed by atoms with Gasteiger partial charge in [0.1, 0.15) is 11.8 Å². The Morgan fingerprint density at radius 1 is 1.23 bits per heavy atom.